The summed E-state index contributed by atoms with van der Waals surface area (Å²) in [5, 5.41) is 6.00. The van der Waals surface area contributed by atoms with Crippen LogP contribution in [-0.2, 0) is 16.1 Å². The van der Waals surface area contributed by atoms with Gasteiger partial charge in [0.1, 0.15) is 12.4 Å². The average molecular weight is 322 g/mol. The summed E-state index contributed by atoms with van der Waals surface area (Å²) in [5.41, 5.74) is 0.0185. The van der Waals surface area contributed by atoms with Crippen LogP contribution in [0.3, 0.4) is 0 Å². The monoisotopic (exact) mass is 322 g/mol. The van der Waals surface area contributed by atoms with Crippen molar-refractivity contribution in [2.24, 2.45) is 11.3 Å². The average Bonchev–Trinajstić information content (AvgIpc) is 3.18. The number of furan rings is 1. The summed E-state index contributed by atoms with van der Waals surface area (Å²) in [6.45, 7) is 6.79. The van der Waals surface area contributed by atoms with Gasteiger partial charge in [-0.05, 0) is 25.0 Å². The van der Waals surface area contributed by atoms with Crippen LogP contribution in [0.15, 0.2) is 22.8 Å². The molecule has 0 bridgehead atoms. The van der Waals surface area contributed by atoms with Crippen molar-refractivity contribution in [2.75, 3.05) is 19.8 Å². The standard InChI is InChI=1S/C17H26N2O4/c1-17(2)14(13-6-10-23-15(13)17)19-16(20)18-7-4-8-21-11-12-5-3-9-22-12/h3,5,9,13-15H,4,6-8,10-11H2,1-2H3,(H2,18,19,20)/t13-,14+,15+/m0/s1. The topological polar surface area (TPSA) is 72.7 Å². The van der Waals surface area contributed by atoms with Crippen LogP contribution >= 0.6 is 0 Å². The number of carbonyl (C=O) groups excluding carboxylic acids is 1. The summed E-state index contributed by atoms with van der Waals surface area (Å²) < 4.78 is 16.4. The molecule has 3 rings (SSSR count). The van der Waals surface area contributed by atoms with E-state index in [-0.39, 0.29) is 17.5 Å². The molecule has 0 radical (unpaired) electrons. The Balaban J connectivity index is 1.28. The third-order valence-corrected chi connectivity index (χ3v) is 4.96. The number of ether oxygens (including phenoxy) is 2. The van der Waals surface area contributed by atoms with Crippen molar-refractivity contribution < 1.29 is 18.7 Å². The number of nitrogens with one attached hydrogen (secondary N) is 2. The second-order valence-electron chi connectivity index (χ2n) is 6.93. The van der Waals surface area contributed by atoms with Gasteiger partial charge in [0.2, 0.25) is 0 Å². The second kappa shape index (κ2) is 6.93. The van der Waals surface area contributed by atoms with Crippen LogP contribution in [0.1, 0.15) is 32.4 Å². The molecule has 6 nitrogen and oxygen atoms in total. The molecule has 1 saturated carbocycles. The molecule has 1 aromatic heterocycles. The number of fused-ring (bicyclic) bond motifs is 1. The van der Waals surface area contributed by atoms with Gasteiger partial charge in [0.05, 0.1) is 12.4 Å². The normalized spacial score (nSPS) is 28.0. The van der Waals surface area contributed by atoms with Crippen molar-refractivity contribution in [2.45, 2.75) is 45.4 Å². The predicted octanol–water partition coefficient (Wildman–Crippen LogP) is 2.30. The summed E-state index contributed by atoms with van der Waals surface area (Å²) in [7, 11) is 0. The fraction of sp³-hybridized carbons (Fsp3) is 0.706. The van der Waals surface area contributed by atoms with E-state index in [0.29, 0.717) is 31.8 Å². The van der Waals surface area contributed by atoms with E-state index >= 15 is 0 Å². The third-order valence-electron chi connectivity index (χ3n) is 4.96. The van der Waals surface area contributed by atoms with Crippen LogP contribution in [0.4, 0.5) is 4.79 Å². The molecule has 2 fully saturated rings. The highest BCUT2D eigenvalue weighted by Gasteiger charge is 2.59. The zero-order valence-electron chi connectivity index (χ0n) is 13.8. The zero-order valence-corrected chi connectivity index (χ0v) is 13.8. The second-order valence-corrected chi connectivity index (χ2v) is 6.93. The number of rotatable bonds is 7. The smallest absolute Gasteiger partial charge is 0.315 e. The Morgan fingerprint density at radius 1 is 1.48 bits per heavy atom. The van der Waals surface area contributed by atoms with Crippen molar-refractivity contribution in [1.82, 2.24) is 10.6 Å². The van der Waals surface area contributed by atoms with Crippen LogP contribution in [-0.4, -0.2) is 37.9 Å². The molecule has 23 heavy (non-hydrogen) atoms. The quantitative estimate of drug-likeness (QED) is 0.756. The van der Waals surface area contributed by atoms with Gasteiger partial charge >= 0.3 is 6.03 Å². The molecule has 0 unspecified atom stereocenters. The Morgan fingerprint density at radius 2 is 2.35 bits per heavy atom. The first-order valence-electron chi connectivity index (χ1n) is 8.35. The summed E-state index contributed by atoms with van der Waals surface area (Å²) in [6, 6.07) is 3.82. The van der Waals surface area contributed by atoms with Crippen LogP contribution in [0.2, 0.25) is 0 Å². The minimum atomic E-state index is -0.0977. The van der Waals surface area contributed by atoms with Crippen LogP contribution in [0.25, 0.3) is 0 Å². The Hall–Kier alpha value is -1.53. The van der Waals surface area contributed by atoms with E-state index in [9.17, 15) is 4.79 Å². The summed E-state index contributed by atoms with van der Waals surface area (Å²) in [5.74, 6) is 1.28. The van der Waals surface area contributed by atoms with Gasteiger partial charge in [0.15, 0.2) is 0 Å². The lowest BCUT2D eigenvalue weighted by atomic mass is 9.57. The maximum absolute atomic E-state index is 12.0. The molecule has 0 aromatic carbocycles. The summed E-state index contributed by atoms with van der Waals surface area (Å²) in [4.78, 5) is 12.0. The number of hydrogen-bond donors (Lipinski definition) is 2. The fourth-order valence-corrected chi connectivity index (χ4v) is 3.75. The van der Waals surface area contributed by atoms with Gasteiger partial charge in [-0.15, -0.1) is 0 Å². The van der Waals surface area contributed by atoms with Gasteiger partial charge in [-0.2, -0.15) is 0 Å². The van der Waals surface area contributed by atoms with Gasteiger partial charge in [0.25, 0.3) is 0 Å². The van der Waals surface area contributed by atoms with Crippen molar-refractivity contribution in [1.29, 1.82) is 0 Å². The van der Waals surface area contributed by atoms with Crippen LogP contribution < -0.4 is 10.6 Å². The van der Waals surface area contributed by atoms with E-state index in [1.807, 2.05) is 12.1 Å². The molecular formula is C17H26N2O4. The summed E-state index contributed by atoms with van der Waals surface area (Å²) in [6.07, 6.45) is 3.74. The van der Waals surface area contributed by atoms with Crippen molar-refractivity contribution in [3.63, 3.8) is 0 Å². The first-order valence-corrected chi connectivity index (χ1v) is 8.35. The zero-order chi connectivity index (χ0) is 16.3. The largest absolute Gasteiger partial charge is 0.467 e. The molecule has 1 saturated heterocycles. The molecule has 2 heterocycles. The fourth-order valence-electron chi connectivity index (χ4n) is 3.75. The lowest BCUT2D eigenvalue weighted by molar-refractivity contribution is -0.108. The predicted molar refractivity (Wildman–Crippen MR) is 84.9 cm³/mol. The van der Waals surface area contributed by atoms with Gasteiger partial charge < -0.3 is 24.5 Å². The highest BCUT2D eigenvalue weighted by atomic mass is 16.5. The molecule has 6 heteroatoms. The molecule has 128 valence electrons. The van der Waals surface area contributed by atoms with Gasteiger partial charge in [0, 0.05) is 37.1 Å². The van der Waals surface area contributed by atoms with E-state index in [4.69, 9.17) is 13.9 Å². The van der Waals surface area contributed by atoms with Crippen LogP contribution in [0.5, 0.6) is 0 Å². The van der Waals surface area contributed by atoms with Crippen molar-refractivity contribution in [3.05, 3.63) is 24.2 Å². The number of urea groups is 1. The van der Waals surface area contributed by atoms with Gasteiger partial charge in [-0.3, -0.25) is 0 Å². The SMILES string of the molecule is CC1(C)[C@H](NC(=O)NCCCOCc2ccco2)[C@@H]2CCO[C@H]21. The maximum Gasteiger partial charge on any atom is 0.315 e. The molecular weight excluding hydrogens is 296 g/mol. The Bertz CT molecular complexity index is 515. The van der Waals surface area contributed by atoms with Gasteiger partial charge in [-0.1, -0.05) is 13.8 Å². The van der Waals surface area contributed by atoms with E-state index < -0.39 is 0 Å². The number of hydrogen-bond acceptors (Lipinski definition) is 4. The number of carbonyl (C=O) groups is 1. The maximum atomic E-state index is 12.0. The van der Waals surface area contributed by atoms with Crippen molar-refractivity contribution in [3.8, 4) is 0 Å². The van der Waals surface area contributed by atoms with Crippen LogP contribution in [0, 0.1) is 11.3 Å². The van der Waals surface area contributed by atoms with Crippen molar-refractivity contribution >= 4 is 6.03 Å². The lowest BCUT2D eigenvalue weighted by Gasteiger charge is -2.54. The highest BCUT2D eigenvalue weighted by Crippen LogP contribution is 2.51. The van der Waals surface area contributed by atoms with E-state index in [1.54, 1.807) is 6.26 Å². The van der Waals surface area contributed by atoms with E-state index in [0.717, 1.165) is 25.2 Å². The lowest BCUT2D eigenvalue weighted by Crippen LogP contribution is -2.67. The van der Waals surface area contributed by atoms with Gasteiger partial charge in [-0.25, -0.2) is 4.79 Å². The van der Waals surface area contributed by atoms with E-state index in [2.05, 4.69) is 24.5 Å². The molecule has 2 N–H and O–H groups in total. The summed E-state index contributed by atoms with van der Waals surface area (Å²) >= 11 is 0. The minimum absolute atomic E-state index is 0.0185. The Labute approximate surface area is 136 Å². The Morgan fingerprint density at radius 3 is 3.13 bits per heavy atom. The Kier molecular flexibility index (Phi) is 4.92. The molecule has 1 aliphatic heterocycles. The number of amides is 2. The molecule has 1 aromatic rings. The first-order chi connectivity index (χ1) is 11.1. The first kappa shape index (κ1) is 16.3. The molecule has 2 amide bonds. The third kappa shape index (κ3) is 3.53. The highest BCUT2D eigenvalue weighted by molar-refractivity contribution is 5.74. The molecule has 2 aliphatic rings. The molecule has 3 atom stereocenters. The van der Waals surface area contributed by atoms with E-state index in [1.165, 1.54) is 0 Å². The molecule has 1 aliphatic carbocycles. The molecule has 0 spiro atoms. The minimum Gasteiger partial charge on any atom is -0.467 e.